The molecular weight excluding hydrogens is 318 g/mol. The van der Waals surface area contributed by atoms with Gasteiger partial charge in [-0.25, -0.2) is 8.42 Å². The van der Waals surface area contributed by atoms with Gasteiger partial charge in [-0.15, -0.1) is 0 Å². The highest BCUT2D eigenvalue weighted by molar-refractivity contribution is 9.09. The highest BCUT2D eigenvalue weighted by atomic mass is 79.9. The lowest BCUT2D eigenvalue weighted by molar-refractivity contribution is 0.0902. The summed E-state index contributed by atoms with van der Waals surface area (Å²) in [4.78, 5) is 0. The molecule has 1 heterocycles. The van der Waals surface area contributed by atoms with Crippen LogP contribution in [-0.2, 0) is 14.8 Å². The van der Waals surface area contributed by atoms with Crippen LogP contribution < -0.4 is 0 Å². The fourth-order valence-electron chi connectivity index (χ4n) is 2.26. The molecule has 1 aliphatic rings. The molecule has 0 aromatic carbocycles. The van der Waals surface area contributed by atoms with Gasteiger partial charge in [0.15, 0.2) is 0 Å². The van der Waals surface area contributed by atoms with Crippen LogP contribution in [0.5, 0.6) is 0 Å². The molecule has 1 aliphatic heterocycles. The van der Waals surface area contributed by atoms with E-state index in [4.69, 9.17) is 4.74 Å². The van der Waals surface area contributed by atoms with Crippen LogP contribution in [0.2, 0.25) is 0 Å². The van der Waals surface area contributed by atoms with Crippen molar-refractivity contribution in [3.05, 3.63) is 0 Å². The summed E-state index contributed by atoms with van der Waals surface area (Å²) in [5.41, 5.74) is 0. The molecule has 0 aromatic heterocycles. The lowest BCUT2D eigenvalue weighted by Crippen LogP contribution is -2.45. The van der Waals surface area contributed by atoms with Crippen LogP contribution in [0.25, 0.3) is 0 Å². The minimum Gasteiger partial charge on any atom is -0.378 e. The second-order valence-corrected chi connectivity index (χ2v) is 7.81. The fourth-order valence-corrected chi connectivity index (χ4v) is 4.40. The first-order chi connectivity index (χ1) is 8.47. The Bertz CT molecular complexity index is 330. The van der Waals surface area contributed by atoms with Crippen molar-refractivity contribution in [3.8, 4) is 0 Å². The van der Waals surface area contributed by atoms with Crippen LogP contribution in [0.3, 0.4) is 0 Å². The number of ether oxygens (including phenoxy) is 1. The van der Waals surface area contributed by atoms with Crippen LogP contribution in [0.4, 0.5) is 0 Å². The maximum atomic E-state index is 12.3. The molecule has 18 heavy (non-hydrogen) atoms. The number of halogens is 1. The fraction of sp³-hybridized carbons (Fsp3) is 1.00. The van der Waals surface area contributed by atoms with Crippen molar-refractivity contribution in [3.63, 3.8) is 0 Å². The van der Waals surface area contributed by atoms with Gasteiger partial charge in [0.2, 0.25) is 10.0 Å². The molecule has 6 heteroatoms. The van der Waals surface area contributed by atoms with Crippen molar-refractivity contribution in [2.75, 3.05) is 24.2 Å². The van der Waals surface area contributed by atoms with Gasteiger partial charge in [-0.1, -0.05) is 22.4 Å². The van der Waals surface area contributed by atoms with Crippen LogP contribution in [0, 0.1) is 0 Å². The number of rotatable bonds is 7. The Kier molecular flexibility index (Phi) is 7.13. The van der Waals surface area contributed by atoms with Gasteiger partial charge in [0.25, 0.3) is 0 Å². The van der Waals surface area contributed by atoms with Gasteiger partial charge in [0, 0.05) is 17.9 Å². The first-order valence-electron chi connectivity index (χ1n) is 6.64. The molecule has 0 spiro atoms. The van der Waals surface area contributed by atoms with Crippen LogP contribution in [-0.4, -0.2) is 49.1 Å². The maximum absolute atomic E-state index is 12.3. The third kappa shape index (κ3) is 5.15. The molecule has 0 amide bonds. The highest BCUT2D eigenvalue weighted by Gasteiger charge is 2.31. The number of piperidine rings is 1. The van der Waals surface area contributed by atoms with Gasteiger partial charge in [-0.05, 0) is 33.1 Å². The molecule has 0 saturated carbocycles. The highest BCUT2D eigenvalue weighted by Crippen LogP contribution is 2.23. The lowest BCUT2D eigenvalue weighted by atomic mass is 10.0. The molecule has 4 nitrogen and oxygen atoms in total. The van der Waals surface area contributed by atoms with E-state index >= 15 is 0 Å². The predicted octanol–water partition coefficient (Wildman–Crippen LogP) is 2.38. The summed E-state index contributed by atoms with van der Waals surface area (Å²) >= 11 is 3.40. The quantitative estimate of drug-likeness (QED) is 0.668. The Morgan fingerprint density at radius 3 is 2.72 bits per heavy atom. The zero-order valence-electron chi connectivity index (χ0n) is 11.3. The smallest absolute Gasteiger partial charge is 0.216 e. The van der Waals surface area contributed by atoms with Crippen molar-refractivity contribution < 1.29 is 13.2 Å². The van der Waals surface area contributed by atoms with Crippen molar-refractivity contribution in [1.82, 2.24) is 4.31 Å². The zero-order valence-corrected chi connectivity index (χ0v) is 13.7. The number of alkyl halides is 1. The maximum Gasteiger partial charge on any atom is 0.216 e. The number of nitrogens with zero attached hydrogens (tertiary/aromatic N) is 1. The average Bonchev–Trinajstić information content (AvgIpc) is 2.29. The van der Waals surface area contributed by atoms with E-state index in [1.807, 2.05) is 13.8 Å². The Labute approximate surface area is 119 Å². The van der Waals surface area contributed by atoms with E-state index < -0.39 is 10.0 Å². The van der Waals surface area contributed by atoms with E-state index in [0.29, 0.717) is 6.54 Å². The van der Waals surface area contributed by atoms with Gasteiger partial charge in [0.1, 0.15) is 0 Å². The minimum absolute atomic E-state index is 0.0832. The van der Waals surface area contributed by atoms with Gasteiger partial charge in [-0.2, -0.15) is 4.31 Å². The second kappa shape index (κ2) is 7.82. The molecule has 0 bridgehead atoms. The summed E-state index contributed by atoms with van der Waals surface area (Å²) in [6.07, 6.45) is 4.06. The van der Waals surface area contributed by atoms with Crippen LogP contribution >= 0.6 is 15.9 Å². The standard InChI is InChI=1S/C12H24BrNO3S/c1-11(2)17-9-10-18(15,16)14-8-4-3-5-12(14)6-7-13/h11-12H,3-10H2,1-2H3. The van der Waals surface area contributed by atoms with Gasteiger partial charge < -0.3 is 4.74 Å². The Morgan fingerprint density at radius 2 is 2.11 bits per heavy atom. The number of hydrogen-bond donors (Lipinski definition) is 0. The van der Waals surface area contributed by atoms with Crippen molar-refractivity contribution in [2.45, 2.75) is 51.7 Å². The molecule has 1 rings (SSSR count). The summed E-state index contributed by atoms with van der Waals surface area (Å²) in [6.45, 7) is 4.79. The molecule has 108 valence electrons. The van der Waals surface area contributed by atoms with Gasteiger partial charge in [-0.3, -0.25) is 0 Å². The summed E-state index contributed by atoms with van der Waals surface area (Å²) < 4.78 is 31.6. The molecule has 0 aromatic rings. The van der Waals surface area contributed by atoms with E-state index in [1.165, 1.54) is 0 Å². The Balaban J connectivity index is 2.57. The zero-order chi connectivity index (χ0) is 13.6. The van der Waals surface area contributed by atoms with E-state index in [1.54, 1.807) is 4.31 Å². The molecule has 1 unspecified atom stereocenters. The minimum atomic E-state index is -3.16. The van der Waals surface area contributed by atoms with E-state index in [9.17, 15) is 8.42 Å². The van der Waals surface area contributed by atoms with E-state index in [0.717, 1.165) is 31.0 Å². The first-order valence-corrected chi connectivity index (χ1v) is 9.37. The van der Waals surface area contributed by atoms with E-state index in [2.05, 4.69) is 15.9 Å². The molecular formula is C12H24BrNO3S. The summed E-state index contributed by atoms with van der Waals surface area (Å²) in [5.74, 6) is 0.101. The Morgan fingerprint density at radius 1 is 1.39 bits per heavy atom. The van der Waals surface area contributed by atoms with Gasteiger partial charge in [0.05, 0.1) is 18.5 Å². The monoisotopic (exact) mass is 341 g/mol. The molecule has 1 atom stereocenters. The molecule has 0 radical (unpaired) electrons. The Hall–Kier alpha value is 0.350. The third-order valence-corrected chi connectivity index (χ3v) is 5.50. The SMILES string of the molecule is CC(C)OCCS(=O)(=O)N1CCCCC1CCBr. The summed E-state index contributed by atoms with van der Waals surface area (Å²) in [6, 6.07) is 0.169. The van der Waals surface area contributed by atoms with Gasteiger partial charge >= 0.3 is 0 Å². The topological polar surface area (TPSA) is 46.6 Å². The van der Waals surface area contributed by atoms with E-state index in [-0.39, 0.29) is 24.5 Å². The van der Waals surface area contributed by atoms with Crippen molar-refractivity contribution in [1.29, 1.82) is 0 Å². The predicted molar refractivity (Wildman–Crippen MR) is 77.6 cm³/mol. The lowest BCUT2D eigenvalue weighted by Gasteiger charge is -2.34. The summed E-state index contributed by atoms with van der Waals surface area (Å²) in [5, 5.41) is 0.853. The van der Waals surface area contributed by atoms with Crippen LogP contribution in [0.1, 0.15) is 39.5 Å². The molecule has 1 saturated heterocycles. The first kappa shape index (κ1) is 16.4. The van der Waals surface area contributed by atoms with Crippen LogP contribution in [0.15, 0.2) is 0 Å². The average molecular weight is 342 g/mol. The molecule has 0 N–H and O–H groups in total. The molecule has 0 aliphatic carbocycles. The number of sulfonamides is 1. The third-order valence-electron chi connectivity index (χ3n) is 3.17. The number of hydrogen-bond acceptors (Lipinski definition) is 3. The van der Waals surface area contributed by atoms with Crippen molar-refractivity contribution in [2.24, 2.45) is 0 Å². The molecule has 1 fully saturated rings. The normalized spacial score (nSPS) is 22.6. The second-order valence-electron chi connectivity index (χ2n) is 4.97. The van der Waals surface area contributed by atoms with Crippen molar-refractivity contribution >= 4 is 26.0 Å². The summed E-state index contributed by atoms with van der Waals surface area (Å²) in [7, 11) is -3.16. The largest absolute Gasteiger partial charge is 0.378 e.